The van der Waals surface area contributed by atoms with Gasteiger partial charge < -0.3 is 10.1 Å². The third-order valence-corrected chi connectivity index (χ3v) is 2.63. The minimum Gasteiger partial charge on any atom is -0.469 e. The third kappa shape index (κ3) is 4.71. The van der Waals surface area contributed by atoms with Gasteiger partial charge in [0.2, 0.25) is 0 Å². The Balaban J connectivity index is 2.44. The predicted molar refractivity (Wildman–Crippen MR) is 64.3 cm³/mol. The smallest absolute Gasteiger partial charge is 0.307 e. The Morgan fingerprint density at radius 1 is 1.59 bits per heavy atom. The first-order chi connectivity index (χ1) is 8.02. The molecule has 0 saturated carbocycles. The predicted octanol–water partition coefficient (Wildman–Crippen LogP) is 2.52. The lowest BCUT2D eigenvalue weighted by Crippen LogP contribution is -2.28. The van der Waals surface area contributed by atoms with E-state index in [0.717, 1.165) is 5.56 Å². The normalized spacial score (nSPS) is 12.2. The van der Waals surface area contributed by atoms with Crippen molar-refractivity contribution >= 4 is 17.6 Å². The molecular formula is C12H15ClFNO2. The largest absolute Gasteiger partial charge is 0.469 e. The van der Waals surface area contributed by atoms with E-state index < -0.39 is 5.82 Å². The van der Waals surface area contributed by atoms with Gasteiger partial charge in [0.1, 0.15) is 5.82 Å². The molecular weight excluding hydrogens is 245 g/mol. The number of carbonyl (C=O) groups excluding carboxylic acids is 1. The summed E-state index contributed by atoms with van der Waals surface area (Å²) in [5.41, 5.74) is 0.869. The van der Waals surface area contributed by atoms with Gasteiger partial charge in [0.15, 0.2) is 0 Å². The van der Waals surface area contributed by atoms with Gasteiger partial charge in [-0.15, -0.1) is 0 Å². The van der Waals surface area contributed by atoms with Crippen LogP contribution in [-0.4, -0.2) is 19.1 Å². The second kappa shape index (κ2) is 6.57. The molecule has 0 amide bonds. The van der Waals surface area contributed by atoms with Gasteiger partial charge in [-0.2, -0.15) is 0 Å². The van der Waals surface area contributed by atoms with Crippen LogP contribution in [0, 0.1) is 5.82 Å². The van der Waals surface area contributed by atoms with Crippen molar-refractivity contribution in [3.63, 3.8) is 0 Å². The van der Waals surface area contributed by atoms with Crippen LogP contribution in [0.15, 0.2) is 18.2 Å². The minimum absolute atomic E-state index is 0.00808. The number of ether oxygens (including phenoxy) is 1. The molecule has 0 heterocycles. The second-order valence-corrected chi connectivity index (χ2v) is 4.22. The summed E-state index contributed by atoms with van der Waals surface area (Å²) < 4.78 is 17.5. The van der Waals surface area contributed by atoms with Gasteiger partial charge in [-0.05, 0) is 24.6 Å². The zero-order valence-corrected chi connectivity index (χ0v) is 10.6. The molecule has 94 valence electrons. The quantitative estimate of drug-likeness (QED) is 0.826. The van der Waals surface area contributed by atoms with Crippen LogP contribution in [0.4, 0.5) is 4.39 Å². The molecule has 5 heteroatoms. The van der Waals surface area contributed by atoms with Crippen molar-refractivity contribution < 1.29 is 13.9 Å². The van der Waals surface area contributed by atoms with Gasteiger partial charge in [0.05, 0.1) is 18.6 Å². The third-order valence-electron chi connectivity index (χ3n) is 2.34. The molecule has 0 aromatic heterocycles. The molecule has 0 radical (unpaired) electrons. The van der Waals surface area contributed by atoms with E-state index in [1.165, 1.54) is 13.2 Å². The van der Waals surface area contributed by atoms with Crippen LogP contribution in [0.2, 0.25) is 5.02 Å². The average molecular weight is 260 g/mol. The lowest BCUT2D eigenvalue weighted by molar-refractivity contribution is -0.141. The highest BCUT2D eigenvalue weighted by Gasteiger charge is 2.08. The van der Waals surface area contributed by atoms with Crippen molar-refractivity contribution in [3.05, 3.63) is 34.6 Å². The highest BCUT2D eigenvalue weighted by atomic mass is 35.5. The lowest BCUT2D eigenvalue weighted by Gasteiger charge is -2.12. The SMILES string of the molecule is COC(=O)CC(C)NCc1ccc(F)c(Cl)c1. The van der Waals surface area contributed by atoms with Crippen LogP contribution in [-0.2, 0) is 16.1 Å². The second-order valence-electron chi connectivity index (χ2n) is 3.81. The Bertz CT molecular complexity index is 398. The summed E-state index contributed by atoms with van der Waals surface area (Å²) in [6.07, 6.45) is 0.297. The fraction of sp³-hybridized carbons (Fsp3) is 0.417. The molecule has 1 aromatic carbocycles. The van der Waals surface area contributed by atoms with Crippen LogP contribution in [0.1, 0.15) is 18.9 Å². The highest BCUT2D eigenvalue weighted by Crippen LogP contribution is 2.15. The number of benzene rings is 1. The van der Waals surface area contributed by atoms with Gasteiger partial charge in [-0.3, -0.25) is 4.79 Å². The van der Waals surface area contributed by atoms with E-state index >= 15 is 0 Å². The Kier molecular flexibility index (Phi) is 5.38. The molecule has 17 heavy (non-hydrogen) atoms. The van der Waals surface area contributed by atoms with Crippen LogP contribution >= 0.6 is 11.6 Å². The van der Waals surface area contributed by atoms with Crippen molar-refractivity contribution in [2.45, 2.75) is 25.9 Å². The van der Waals surface area contributed by atoms with Gasteiger partial charge in [0.25, 0.3) is 0 Å². The topological polar surface area (TPSA) is 38.3 Å². The summed E-state index contributed by atoms with van der Waals surface area (Å²) >= 11 is 5.66. The summed E-state index contributed by atoms with van der Waals surface area (Å²) in [5.74, 6) is -0.694. The zero-order chi connectivity index (χ0) is 12.8. The van der Waals surface area contributed by atoms with E-state index in [1.54, 1.807) is 12.1 Å². The van der Waals surface area contributed by atoms with Gasteiger partial charge >= 0.3 is 5.97 Å². The lowest BCUT2D eigenvalue weighted by atomic mass is 10.2. The Morgan fingerprint density at radius 2 is 2.29 bits per heavy atom. The first-order valence-corrected chi connectivity index (χ1v) is 5.65. The molecule has 1 atom stereocenters. The van der Waals surface area contributed by atoms with Gasteiger partial charge in [0, 0.05) is 12.6 Å². The van der Waals surface area contributed by atoms with E-state index in [4.69, 9.17) is 11.6 Å². The minimum atomic E-state index is -0.432. The number of nitrogens with one attached hydrogen (secondary N) is 1. The standard InChI is InChI=1S/C12H15ClFNO2/c1-8(5-12(16)17-2)15-7-9-3-4-11(14)10(13)6-9/h3-4,6,8,15H,5,7H2,1-2H3. The van der Waals surface area contributed by atoms with E-state index in [1.807, 2.05) is 6.92 Å². The van der Waals surface area contributed by atoms with Crippen LogP contribution < -0.4 is 5.32 Å². The molecule has 1 N–H and O–H groups in total. The molecule has 0 aliphatic heterocycles. The fourth-order valence-electron chi connectivity index (χ4n) is 1.35. The molecule has 0 fully saturated rings. The maximum Gasteiger partial charge on any atom is 0.307 e. The van der Waals surface area contributed by atoms with Crippen LogP contribution in [0.3, 0.4) is 0 Å². The molecule has 0 bridgehead atoms. The highest BCUT2D eigenvalue weighted by molar-refractivity contribution is 6.30. The Hall–Kier alpha value is -1.13. The summed E-state index contributed by atoms with van der Waals surface area (Å²) in [6, 6.07) is 4.53. The van der Waals surface area contributed by atoms with Crippen molar-refractivity contribution in [1.82, 2.24) is 5.32 Å². The first-order valence-electron chi connectivity index (χ1n) is 5.27. The van der Waals surface area contributed by atoms with E-state index in [2.05, 4.69) is 10.1 Å². The van der Waals surface area contributed by atoms with Crippen molar-refractivity contribution in [3.8, 4) is 0 Å². The average Bonchev–Trinajstić information content (AvgIpc) is 2.30. The molecule has 3 nitrogen and oxygen atoms in total. The molecule has 1 rings (SSSR count). The molecule has 0 saturated heterocycles. The molecule has 0 aliphatic carbocycles. The maximum absolute atomic E-state index is 12.9. The van der Waals surface area contributed by atoms with Crippen molar-refractivity contribution in [2.24, 2.45) is 0 Å². The molecule has 0 aliphatic rings. The van der Waals surface area contributed by atoms with E-state index in [-0.39, 0.29) is 17.0 Å². The van der Waals surface area contributed by atoms with Crippen LogP contribution in [0.25, 0.3) is 0 Å². The maximum atomic E-state index is 12.9. The van der Waals surface area contributed by atoms with Crippen molar-refractivity contribution in [1.29, 1.82) is 0 Å². The number of rotatable bonds is 5. The molecule has 1 aromatic rings. The number of carbonyl (C=O) groups is 1. The fourth-order valence-corrected chi connectivity index (χ4v) is 1.55. The summed E-state index contributed by atoms with van der Waals surface area (Å²) in [4.78, 5) is 11.0. The summed E-state index contributed by atoms with van der Waals surface area (Å²) in [5, 5.41) is 3.23. The number of methoxy groups -OCH3 is 1. The number of halogens is 2. The number of esters is 1. The number of hydrogen-bond donors (Lipinski definition) is 1. The first kappa shape index (κ1) is 13.9. The van der Waals surface area contributed by atoms with Gasteiger partial charge in [-0.25, -0.2) is 4.39 Å². The van der Waals surface area contributed by atoms with Gasteiger partial charge in [-0.1, -0.05) is 17.7 Å². The van der Waals surface area contributed by atoms with Crippen LogP contribution in [0.5, 0.6) is 0 Å². The van der Waals surface area contributed by atoms with Crippen molar-refractivity contribution in [2.75, 3.05) is 7.11 Å². The zero-order valence-electron chi connectivity index (χ0n) is 9.80. The Labute approximate surface area is 105 Å². The Morgan fingerprint density at radius 3 is 2.88 bits per heavy atom. The number of hydrogen-bond acceptors (Lipinski definition) is 3. The monoisotopic (exact) mass is 259 g/mol. The summed E-state index contributed by atoms with van der Waals surface area (Å²) in [7, 11) is 1.36. The van der Waals surface area contributed by atoms with E-state index in [9.17, 15) is 9.18 Å². The molecule has 1 unspecified atom stereocenters. The summed E-state index contributed by atoms with van der Waals surface area (Å²) in [6.45, 7) is 2.40. The van der Waals surface area contributed by atoms with E-state index in [0.29, 0.717) is 13.0 Å². The molecule has 0 spiro atoms.